The topological polar surface area (TPSA) is 43.0 Å². The molecule has 16 heavy (non-hydrogen) atoms. The van der Waals surface area contributed by atoms with E-state index in [9.17, 15) is 0 Å². The summed E-state index contributed by atoms with van der Waals surface area (Å²) in [6.45, 7) is 4.96. The number of aryl methyl sites for hydroxylation is 2. The van der Waals surface area contributed by atoms with Gasteiger partial charge >= 0.3 is 0 Å². The van der Waals surface area contributed by atoms with Gasteiger partial charge < -0.3 is 14.3 Å². The van der Waals surface area contributed by atoms with Gasteiger partial charge in [-0.2, -0.15) is 0 Å². The Hall–Kier alpha value is -1.55. The monoisotopic (exact) mass is 219 g/mol. The number of nitrogens with one attached hydrogen (secondary N) is 1. The molecule has 4 heteroatoms. The Morgan fingerprint density at radius 1 is 1.50 bits per heavy atom. The number of hydrogen-bond donors (Lipinski definition) is 1. The number of rotatable bonds is 4. The number of imidazole rings is 1. The van der Waals surface area contributed by atoms with E-state index in [-0.39, 0.29) is 6.04 Å². The smallest absolute Gasteiger partial charge is 0.133 e. The summed E-state index contributed by atoms with van der Waals surface area (Å²) in [6, 6.07) is 3.98. The zero-order valence-corrected chi connectivity index (χ0v) is 9.90. The highest BCUT2D eigenvalue weighted by molar-refractivity contribution is 5.17. The quantitative estimate of drug-likeness (QED) is 0.856. The number of nitrogens with zero attached hydrogens (tertiary/aromatic N) is 2. The van der Waals surface area contributed by atoms with Crippen molar-refractivity contribution in [1.82, 2.24) is 14.9 Å². The molecule has 0 bridgehead atoms. The Bertz CT molecular complexity index is 458. The average molecular weight is 219 g/mol. The molecule has 0 aromatic carbocycles. The lowest BCUT2D eigenvalue weighted by molar-refractivity contribution is 0.428. The Kier molecular flexibility index (Phi) is 3.10. The van der Waals surface area contributed by atoms with Crippen LogP contribution in [0.25, 0.3) is 0 Å². The second kappa shape index (κ2) is 4.53. The highest BCUT2D eigenvalue weighted by Crippen LogP contribution is 2.22. The SMILES string of the molecule is CCn1ccnc1C(NC)c1ccc(C)o1. The minimum Gasteiger partial charge on any atom is -0.464 e. The Morgan fingerprint density at radius 3 is 2.88 bits per heavy atom. The van der Waals surface area contributed by atoms with Gasteiger partial charge in [-0.15, -0.1) is 0 Å². The summed E-state index contributed by atoms with van der Waals surface area (Å²) < 4.78 is 7.75. The van der Waals surface area contributed by atoms with Gasteiger partial charge in [0.15, 0.2) is 0 Å². The third kappa shape index (κ3) is 1.88. The normalized spacial score (nSPS) is 12.9. The van der Waals surface area contributed by atoms with Crippen LogP contribution in [0.15, 0.2) is 28.9 Å². The van der Waals surface area contributed by atoms with Crippen molar-refractivity contribution in [2.45, 2.75) is 26.4 Å². The second-order valence-corrected chi connectivity index (χ2v) is 3.74. The van der Waals surface area contributed by atoms with Gasteiger partial charge in [0, 0.05) is 18.9 Å². The first-order valence-corrected chi connectivity index (χ1v) is 5.51. The molecule has 0 aliphatic carbocycles. The van der Waals surface area contributed by atoms with Crippen LogP contribution in [-0.4, -0.2) is 16.6 Å². The maximum atomic E-state index is 5.64. The van der Waals surface area contributed by atoms with E-state index in [2.05, 4.69) is 21.8 Å². The van der Waals surface area contributed by atoms with Crippen LogP contribution in [-0.2, 0) is 6.54 Å². The summed E-state index contributed by atoms with van der Waals surface area (Å²) in [6.07, 6.45) is 3.80. The fourth-order valence-corrected chi connectivity index (χ4v) is 1.86. The van der Waals surface area contributed by atoms with Crippen molar-refractivity contribution >= 4 is 0 Å². The molecule has 1 atom stereocenters. The van der Waals surface area contributed by atoms with Crippen LogP contribution < -0.4 is 5.32 Å². The van der Waals surface area contributed by atoms with Gasteiger partial charge in [0.25, 0.3) is 0 Å². The molecule has 86 valence electrons. The van der Waals surface area contributed by atoms with Crippen molar-refractivity contribution in [3.05, 3.63) is 41.9 Å². The van der Waals surface area contributed by atoms with E-state index in [4.69, 9.17) is 4.42 Å². The summed E-state index contributed by atoms with van der Waals surface area (Å²) in [5.41, 5.74) is 0. The standard InChI is InChI=1S/C12H17N3O/c1-4-15-8-7-14-12(15)11(13-3)10-6-5-9(2)16-10/h5-8,11,13H,4H2,1-3H3. The van der Waals surface area contributed by atoms with Crippen LogP contribution in [0.5, 0.6) is 0 Å². The molecular weight excluding hydrogens is 202 g/mol. The molecule has 2 rings (SSSR count). The molecule has 0 aliphatic heterocycles. The molecule has 0 fully saturated rings. The minimum atomic E-state index is 0.0173. The number of aromatic nitrogens is 2. The minimum absolute atomic E-state index is 0.0173. The van der Waals surface area contributed by atoms with Crippen LogP contribution >= 0.6 is 0 Å². The van der Waals surface area contributed by atoms with E-state index in [1.54, 1.807) is 0 Å². The molecule has 1 N–H and O–H groups in total. The zero-order valence-electron chi connectivity index (χ0n) is 9.90. The van der Waals surface area contributed by atoms with Crippen molar-refractivity contribution in [1.29, 1.82) is 0 Å². The van der Waals surface area contributed by atoms with Crippen molar-refractivity contribution in [2.24, 2.45) is 0 Å². The third-order valence-corrected chi connectivity index (χ3v) is 2.68. The lowest BCUT2D eigenvalue weighted by Gasteiger charge is -2.14. The van der Waals surface area contributed by atoms with Gasteiger partial charge in [-0.25, -0.2) is 4.98 Å². The Balaban J connectivity index is 2.36. The maximum absolute atomic E-state index is 5.64. The van der Waals surface area contributed by atoms with Gasteiger partial charge in [-0.05, 0) is 33.0 Å². The lowest BCUT2D eigenvalue weighted by Crippen LogP contribution is -2.21. The van der Waals surface area contributed by atoms with E-state index in [0.717, 1.165) is 23.9 Å². The van der Waals surface area contributed by atoms with E-state index < -0.39 is 0 Å². The molecule has 0 spiro atoms. The molecule has 0 radical (unpaired) electrons. The molecule has 0 saturated carbocycles. The van der Waals surface area contributed by atoms with Gasteiger partial charge in [0.1, 0.15) is 23.4 Å². The number of furan rings is 1. The summed E-state index contributed by atoms with van der Waals surface area (Å²) in [5, 5.41) is 3.23. The molecular formula is C12H17N3O. The first-order valence-electron chi connectivity index (χ1n) is 5.51. The Morgan fingerprint density at radius 2 is 2.31 bits per heavy atom. The van der Waals surface area contributed by atoms with Crippen molar-refractivity contribution in [3.8, 4) is 0 Å². The summed E-state index contributed by atoms with van der Waals surface area (Å²) in [7, 11) is 1.91. The molecule has 0 aliphatic rings. The highest BCUT2D eigenvalue weighted by atomic mass is 16.3. The van der Waals surface area contributed by atoms with Gasteiger partial charge in [0.05, 0.1) is 0 Å². The molecule has 2 aromatic rings. The highest BCUT2D eigenvalue weighted by Gasteiger charge is 2.19. The van der Waals surface area contributed by atoms with E-state index in [1.807, 2.05) is 38.5 Å². The molecule has 2 aromatic heterocycles. The molecule has 0 amide bonds. The van der Waals surface area contributed by atoms with Gasteiger partial charge in [-0.3, -0.25) is 0 Å². The predicted molar refractivity (Wildman–Crippen MR) is 62.2 cm³/mol. The van der Waals surface area contributed by atoms with Gasteiger partial charge in [-0.1, -0.05) is 0 Å². The summed E-state index contributed by atoms with van der Waals surface area (Å²) in [5.74, 6) is 2.81. The van der Waals surface area contributed by atoms with Crippen molar-refractivity contribution < 1.29 is 4.42 Å². The van der Waals surface area contributed by atoms with Crippen LogP contribution in [0.4, 0.5) is 0 Å². The van der Waals surface area contributed by atoms with Crippen LogP contribution in [0, 0.1) is 6.92 Å². The van der Waals surface area contributed by atoms with Gasteiger partial charge in [0.2, 0.25) is 0 Å². The number of hydrogen-bond acceptors (Lipinski definition) is 3. The lowest BCUT2D eigenvalue weighted by atomic mass is 10.2. The predicted octanol–water partition coefficient (Wildman–Crippen LogP) is 2.11. The zero-order chi connectivity index (χ0) is 11.5. The van der Waals surface area contributed by atoms with Crippen LogP contribution in [0.1, 0.15) is 30.3 Å². The molecule has 0 saturated heterocycles. The van der Waals surface area contributed by atoms with Crippen molar-refractivity contribution in [2.75, 3.05) is 7.05 Å². The fourth-order valence-electron chi connectivity index (χ4n) is 1.86. The third-order valence-electron chi connectivity index (χ3n) is 2.68. The second-order valence-electron chi connectivity index (χ2n) is 3.74. The van der Waals surface area contributed by atoms with E-state index in [0.29, 0.717) is 0 Å². The van der Waals surface area contributed by atoms with Crippen LogP contribution in [0.3, 0.4) is 0 Å². The summed E-state index contributed by atoms with van der Waals surface area (Å²) >= 11 is 0. The molecule has 1 unspecified atom stereocenters. The maximum Gasteiger partial charge on any atom is 0.133 e. The first kappa shape index (κ1) is 11.0. The van der Waals surface area contributed by atoms with Crippen molar-refractivity contribution in [3.63, 3.8) is 0 Å². The van der Waals surface area contributed by atoms with E-state index >= 15 is 0 Å². The largest absolute Gasteiger partial charge is 0.464 e. The van der Waals surface area contributed by atoms with Crippen LogP contribution in [0.2, 0.25) is 0 Å². The first-order chi connectivity index (χ1) is 7.76. The molecule has 4 nitrogen and oxygen atoms in total. The van der Waals surface area contributed by atoms with E-state index in [1.165, 1.54) is 0 Å². The summed E-state index contributed by atoms with van der Waals surface area (Å²) in [4.78, 5) is 4.38. The average Bonchev–Trinajstić information content (AvgIpc) is 2.89. The fraction of sp³-hybridized carbons (Fsp3) is 0.417. The Labute approximate surface area is 95.3 Å². The molecule has 2 heterocycles.